The Morgan fingerprint density at radius 3 is 2.25 bits per heavy atom. The lowest BCUT2D eigenvalue weighted by atomic mass is 10.2. The summed E-state index contributed by atoms with van der Waals surface area (Å²) in [7, 11) is 1.62. The van der Waals surface area contributed by atoms with Gasteiger partial charge >= 0.3 is 0 Å². The lowest BCUT2D eigenvalue weighted by molar-refractivity contribution is 0.0976. The molecule has 0 atom stereocenters. The lowest BCUT2D eigenvalue weighted by Crippen LogP contribution is -2.38. The van der Waals surface area contributed by atoms with Gasteiger partial charge in [0, 0.05) is 19.2 Å². The van der Waals surface area contributed by atoms with E-state index in [9.17, 15) is 4.79 Å². The monoisotopic (exact) mass is 402 g/mol. The van der Waals surface area contributed by atoms with Gasteiger partial charge in [-0.3, -0.25) is 10.1 Å². The number of nitrogens with one attached hydrogen (secondary N) is 2. The maximum atomic E-state index is 12.3. The zero-order chi connectivity index (χ0) is 20.4. The summed E-state index contributed by atoms with van der Waals surface area (Å²) < 4.78 is 16.0. The van der Waals surface area contributed by atoms with E-state index in [2.05, 4.69) is 10.6 Å². The van der Waals surface area contributed by atoms with Gasteiger partial charge in [-0.2, -0.15) is 0 Å². The minimum absolute atomic E-state index is 0.137. The van der Waals surface area contributed by atoms with E-state index in [1.807, 2.05) is 38.1 Å². The highest BCUT2D eigenvalue weighted by atomic mass is 32.1. The summed E-state index contributed by atoms with van der Waals surface area (Å²) in [4.78, 5) is 12.3. The number of rotatable bonds is 9. The van der Waals surface area contributed by atoms with E-state index in [1.165, 1.54) is 0 Å². The molecule has 0 spiro atoms. The molecule has 0 aromatic heterocycles. The molecule has 0 saturated heterocycles. The molecule has 0 aliphatic heterocycles. The van der Waals surface area contributed by atoms with Gasteiger partial charge in [0.1, 0.15) is 18.1 Å². The maximum absolute atomic E-state index is 12.3. The fourth-order valence-corrected chi connectivity index (χ4v) is 2.47. The topological polar surface area (TPSA) is 68.8 Å². The largest absolute Gasteiger partial charge is 0.491 e. The first-order valence-electron chi connectivity index (χ1n) is 9.04. The van der Waals surface area contributed by atoms with Gasteiger partial charge in [-0.25, -0.2) is 0 Å². The lowest BCUT2D eigenvalue weighted by Gasteiger charge is -2.12. The number of hydrogen-bond donors (Lipinski definition) is 2. The number of amides is 1. The van der Waals surface area contributed by atoms with Crippen LogP contribution in [0.3, 0.4) is 0 Å². The number of methoxy groups -OCH3 is 1. The number of ether oxygens (including phenoxy) is 3. The quantitative estimate of drug-likeness (QED) is 0.495. The highest BCUT2D eigenvalue weighted by Gasteiger charge is 2.08. The summed E-state index contributed by atoms with van der Waals surface area (Å²) in [5.41, 5.74) is 1.53. The first kappa shape index (κ1) is 21.7. The van der Waals surface area contributed by atoms with Crippen molar-refractivity contribution in [3.8, 4) is 11.5 Å². The van der Waals surface area contributed by atoms with Gasteiger partial charge in [0.15, 0.2) is 5.11 Å². The van der Waals surface area contributed by atoms with Crippen LogP contribution in [0, 0.1) is 0 Å². The van der Waals surface area contributed by atoms with E-state index >= 15 is 0 Å². The van der Waals surface area contributed by atoms with Crippen LogP contribution in [0.2, 0.25) is 0 Å². The molecule has 0 aliphatic carbocycles. The third-order valence-electron chi connectivity index (χ3n) is 3.65. The molecule has 7 heteroatoms. The fourth-order valence-electron chi connectivity index (χ4n) is 2.31. The molecule has 150 valence electrons. The zero-order valence-corrected chi connectivity index (χ0v) is 17.2. The Hall–Kier alpha value is -2.64. The van der Waals surface area contributed by atoms with Crippen molar-refractivity contribution in [3.05, 3.63) is 59.7 Å². The number of carbonyl (C=O) groups is 1. The van der Waals surface area contributed by atoms with Crippen molar-refractivity contribution in [1.29, 1.82) is 0 Å². The first-order chi connectivity index (χ1) is 13.5. The predicted octanol–water partition coefficient (Wildman–Crippen LogP) is 3.30. The first-order valence-corrected chi connectivity index (χ1v) is 9.45. The average molecular weight is 403 g/mol. The van der Waals surface area contributed by atoms with Gasteiger partial charge < -0.3 is 19.5 Å². The summed E-state index contributed by atoms with van der Waals surface area (Å²) in [6, 6.07) is 14.6. The van der Waals surface area contributed by atoms with Crippen LogP contribution in [0.15, 0.2) is 48.5 Å². The molecule has 0 saturated carbocycles. The van der Waals surface area contributed by atoms with E-state index in [4.69, 9.17) is 26.4 Å². The Balaban J connectivity index is 1.78. The normalized spacial score (nSPS) is 10.4. The molecule has 28 heavy (non-hydrogen) atoms. The third kappa shape index (κ3) is 7.54. The Morgan fingerprint density at radius 2 is 1.64 bits per heavy atom. The molecule has 2 aromatic carbocycles. The van der Waals surface area contributed by atoms with Crippen molar-refractivity contribution in [2.45, 2.75) is 26.5 Å². The minimum atomic E-state index is -0.276. The van der Waals surface area contributed by atoms with Crippen LogP contribution < -0.4 is 20.1 Å². The molecule has 0 radical (unpaired) electrons. The second-order valence-corrected chi connectivity index (χ2v) is 6.72. The Kier molecular flexibility index (Phi) is 8.71. The molecule has 0 heterocycles. The second kappa shape index (κ2) is 11.3. The summed E-state index contributed by atoms with van der Waals surface area (Å²) in [5.74, 6) is 1.23. The fraction of sp³-hybridized carbons (Fsp3) is 0.333. The van der Waals surface area contributed by atoms with Crippen LogP contribution in [-0.4, -0.2) is 37.4 Å². The van der Waals surface area contributed by atoms with Gasteiger partial charge in [-0.15, -0.1) is 0 Å². The highest BCUT2D eigenvalue weighted by molar-refractivity contribution is 7.80. The van der Waals surface area contributed by atoms with E-state index in [0.717, 1.165) is 11.3 Å². The highest BCUT2D eigenvalue weighted by Crippen LogP contribution is 2.14. The SMILES string of the molecule is COCCOc1ccc(C(=O)NC(=S)NCc2ccc(OC(C)C)cc2)cc1. The van der Waals surface area contributed by atoms with E-state index in [-0.39, 0.29) is 17.1 Å². The Morgan fingerprint density at radius 1 is 1.00 bits per heavy atom. The molecule has 2 N–H and O–H groups in total. The number of benzene rings is 2. The molecule has 0 bridgehead atoms. The number of hydrogen-bond acceptors (Lipinski definition) is 5. The van der Waals surface area contributed by atoms with Crippen LogP contribution in [0.1, 0.15) is 29.8 Å². The molecule has 1 amide bonds. The maximum Gasteiger partial charge on any atom is 0.257 e. The molecular weight excluding hydrogens is 376 g/mol. The number of carbonyl (C=O) groups excluding carboxylic acids is 1. The molecular formula is C21H26N2O4S. The van der Waals surface area contributed by atoms with Crippen LogP contribution >= 0.6 is 12.2 Å². The molecule has 0 fully saturated rings. The Labute approximate surface area is 171 Å². The van der Waals surface area contributed by atoms with Gasteiger partial charge in [0.05, 0.1) is 12.7 Å². The van der Waals surface area contributed by atoms with Gasteiger partial charge in [0.25, 0.3) is 5.91 Å². The number of thiocarbonyl (C=S) groups is 1. The van der Waals surface area contributed by atoms with Crippen LogP contribution in [0.25, 0.3) is 0 Å². The molecule has 2 aromatic rings. The molecule has 0 aliphatic rings. The van der Waals surface area contributed by atoms with Crippen LogP contribution in [0.4, 0.5) is 0 Å². The van der Waals surface area contributed by atoms with Crippen molar-refractivity contribution in [2.24, 2.45) is 0 Å². The standard InChI is InChI=1S/C21H26N2O4S/c1-15(2)27-19-8-4-16(5-9-19)14-22-21(28)23-20(24)17-6-10-18(11-7-17)26-13-12-25-3/h4-11,15H,12-14H2,1-3H3,(H2,22,23,24,28). The van der Waals surface area contributed by atoms with Gasteiger partial charge in [-0.1, -0.05) is 12.1 Å². The second-order valence-electron chi connectivity index (χ2n) is 6.31. The van der Waals surface area contributed by atoms with Crippen molar-refractivity contribution < 1.29 is 19.0 Å². The zero-order valence-electron chi connectivity index (χ0n) is 16.4. The van der Waals surface area contributed by atoms with E-state index in [0.29, 0.717) is 31.1 Å². The average Bonchev–Trinajstić information content (AvgIpc) is 2.68. The third-order valence-corrected chi connectivity index (χ3v) is 3.89. The van der Waals surface area contributed by atoms with E-state index in [1.54, 1.807) is 31.4 Å². The predicted molar refractivity (Wildman–Crippen MR) is 113 cm³/mol. The van der Waals surface area contributed by atoms with Crippen molar-refractivity contribution in [1.82, 2.24) is 10.6 Å². The van der Waals surface area contributed by atoms with Crippen molar-refractivity contribution in [2.75, 3.05) is 20.3 Å². The van der Waals surface area contributed by atoms with E-state index < -0.39 is 0 Å². The summed E-state index contributed by atoms with van der Waals surface area (Å²) in [6.07, 6.45) is 0.137. The van der Waals surface area contributed by atoms with Crippen LogP contribution in [0.5, 0.6) is 11.5 Å². The smallest absolute Gasteiger partial charge is 0.257 e. The molecule has 0 unspecified atom stereocenters. The molecule has 2 rings (SSSR count). The summed E-state index contributed by atoms with van der Waals surface area (Å²) in [5, 5.41) is 5.97. The van der Waals surface area contributed by atoms with Crippen LogP contribution in [-0.2, 0) is 11.3 Å². The molecule has 6 nitrogen and oxygen atoms in total. The van der Waals surface area contributed by atoms with Gasteiger partial charge in [0.2, 0.25) is 0 Å². The minimum Gasteiger partial charge on any atom is -0.491 e. The summed E-state index contributed by atoms with van der Waals surface area (Å²) >= 11 is 5.20. The van der Waals surface area contributed by atoms with Gasteiger partial charge in [-0.05, 0) is 68.0 Å². The van der Waals surface area contributed by atoms with Crippen molar-refractivity contribution >= 4 is 23.2 Å². The Bertz CT molecular complexity index is 761. The summed E-state index contributed by atoms with van der Waals surface area (Å²) in [6.45, 7) is 5.45. The van der Waals surface area contributed by atoms with Crippen molar-refractivity contribution in [3.63, 3.8) is 0 Å².